The predicted molar refractivity (Wildman–Crippen MR) is 142 cm³/mol. The van der Waals surface area contributed by atoms with Crippen molar-refractivity contribution in [3.63, 3.8) is 0 Å². The molecule has 1 amide bonds. The summed E-state index contributed by atoms with van der Waals surface area (Å²) in [6.45, 7) is 15.9. The second-order valence-corrected chi connectivity index (χ2v) is 16.2. The topological polar surface area (TPSA) is 77.0 Å². The molecule has 2 rings (SSSR count). The first-order chi connectivity index (χ1) is 15.6. The van der Waals surface area contributed by atoms with E-state index in [1.807, 2.05) is 30.3 Å². The smallest absolute Gasteiger partial charge is 0.358 e. The van der Waals surface area contributed by atoms with E-state index in [9.17, 15) is 9.59 Å². The van der Waals surface area contributed by atoms with Crippen molar-refractivity contribution in [2.75, 3.05) is 0 Å². The maximum absolute atomic E-state index is 13.4. The fraction of sp³-hybridized carbons (Fsp3) is 0.423. The Labute approximate surface area is 212 Å². The third-order valence-electron chi connectivity index (χ3n) is 5.58. The van der Waals surface area contributed by atoms with Crippen molar-refractivity contribution in [3.05, 3.63) is 70.2 Å². The third-order valence-corrected chi connectivity index (χ3v) is 10.7. The van der Waals surface area contributed by atoms with E-state index in [2.05, 4.69) is 60.3 Å². The summed E-state index contributed by atoms with van der Waals surface area (Å²) in [6, 6.07) is 16.2. The molecule has 2 aromatic rings. The summed E-state index contributed by atoms with van der Waals surface area (Å²) in [7, 11) is -2.38. The van der Waals surface area contributed by atoms with Gasteiger partial charge in [0, 0.05) is 15.6 Å². The molecule has 1 atom stereocenters. The van der Waals surface area contributed by atoms with Crippen molar-refractivity contribution in [1.82, 2.24) is 5.43 Å². The van der Waals surface area contributed by atoms with Crippen LogP contribution in [0.1, 0.15) is 63.6 Å². The van der Waals surface area contributed by atoms with Gasteiger partial charge in [0.25, 0.3) is 5.91 Å². The van der Waals surface area contributed by atoms with Gasteiger partial charge < -0.3 is 9.16 Å². The normalized spacial score (nSPS) is 13.9. The number of rotatable bonds is 7. The molecule has 0 radical (unpaired) electrons. The monoisotopic (exact) mass is 546 g/mol. The van der Waals surface area contributed by atoms with Crippen LogP contribution < -0.4 is 5.43 Å². The van der Waals surface area contributed by atoms with Gasteiger partial charge in [-0.2, -0.15) is 5.10 Å². The summed E-state index contributed by atoms with van der Waals surface area (Å²) in [5, 5.41) is 4.16. The molecule has 2 aromatic carbocycles. The summed E-state index contributed by atoms with van der Waals surface area (Å²) in [4.78, 5) is 26.1. The second kappa shape index (κ2) is 11.0. The molecular formula is C26H35BrN2O4Si. The van der Waals surface area contributed by atoms with Gasteiger partial charge in [-0.1, -0.05) is 73.1 Å². The highest BCUT2D eigenvalue weighted by atomic mass is 79.9. The van der Waals surface area contributed by atoms with Crippen LogP contribution in [0.4, 0.5) is 0 Å². The van der Waals surface area contributed by atoms with Crippen LogP contribution in [0.15, 0.2) is 64.2 Å². The summed E-state index contributed by atoms with van der Waals surface area (Å²) >= 11 is 3.59. The Morgan fingerprint density at radius 1 is 0.941 bits per heavy atom. The first-order valence-electron chi connectivity index (χ1n) is 11.2. The zero-order chi connectivity index (χ0) is 25.7. The Balaban J connectivity index is 2.60. The Kier molecular flexibility index (Phi) is 9.02. The van der Waals surface area contributed by atoms with E-state index in [0.29, 0.717) is 5.56 Å². The number of hydrazone groups is 1. The van der Waals surface area contributed by atoms with E-state index in [-0.39, 0.29) is 10.7 Å². The first-order valence-corrected chi connectivity index (χ1v) is 14.9. The van der Waals surface area contributed by atoms with Crippen LogP contribution in [0, 0.1) is 0 Å². The number of hydrogen-bond acceptors (Lipinski definition) is 5. The largest absolute Gasteiger partial charge is 0.455 e. The lowest BCUT2D eigenvalue weighted by Gasteiger charge is -2.39. The molecule has 184 valence electrons. The summed E-state index contributed by atoms with van der Waals surface area (Å²) in [5.41, 5.74) is 2.91. The van der Waals surface area contributed by atoms with Crippen LogP contribution in [0.25, 0.3) is 0 Å². The quantitative estimate of drug-likeness (QED) is 0.183. The fourth-order valence-electron chi connectivity index (χ4n) is 2.73. The number of carbonyl (C=O) groups is 2. The molecule has 0 aliphatic heterocycles. The molecule has 0 bridgehead atoms. The van der Waals surface area contributed by atoms with E-state index >= 15 is 0 Å². The molecule has 0 saturated heterocycles. The average molecular weight is 548 g/mol. The van der Waals surface area contributed by atoms with Crippen LogP contribution in [0.2, 0.25) is 18.1 Å². The molecule has 0 aromatic heterocycles. The molecular weight excluding hydrogens is 512 g/mol. The van der Waals surface area contributed by atoms with E-state index in [4.69, 9.17) is 9.16 Å². The van der Waals surface area contributed by atoms with Crippen LogP contribution in [-0.4, -0.2) is 31.5 Å². The Morgan fingerprint density at radius 3 is 2.03 bits per heavy atom. The maximum atomic E-state index is 13.4. The van der Waals surface area contributed by atoms with Gasteiger partial charge in [-0.25, -0.2) is 10.2 Å². The van der Waals surface area contributed by atoms with Gasteiger partial charge in [0.2, 0.25) is 0 Å². The van der Waals surface area contributed by atoms with Crippen molar-refractivity contribution in [2.24, 2.45) is 5.10 Å². The number of halogens is 1. The minimum atomic E-state index is -2.38. The number of nitrogens with one attached hydrogen (secondary N) is 1. The minimum Gasteiger partial charge on any atom is -0.455 e. The fourth-order valence-corrected chi connectivity index (χ4v) is 4.41. The zero-order valence-electron chi connectivity index (χ0n) is 21.2. The molecule has 8 heteroatoms. The van der Waals surface area contributed by atoms with Crippen LogP contribution in [0.5, 0.6) is 0 Å². The van der Waals surface area contributed by atoms with Crippen molar-refractivity contribution >= 4 is 41.8 Å². The van der Waals surface area contributed by atoms with Gasteiger partial charge in [-0.3, -0.25) is 4.79 Å². The van der Waals surface area contributed by atoms with E-state index in [1.54, 1.807) is 45.0 Å². The highest BCUT2D eigenvalue weighted by molar-refractivity contribution is 9.10. The molecule has 0 heterocycles. The average Bonchev–Trinajstić information content (AvgIpc) is 2.71. The second-order valence-electron chi connectivity index (χ2n) is 10.6. The van der Waals surface area contributed by atoms with Gasteiger partial charge in [-0.15, -0.1) is 0 Å². The lowest BCUT2D eigenvalue weighted by molar-refractivity contribution is -0.146. The Hall–Kier alpha value is -2.29. The van der Waals surface area contributed by atoms with Gasteiger partial charge >= 0.3 is 5.97 Å². The lowest BCUT2D eigenvalue weighted by Crippen LogP contribution is -2.45. The molecule has 0 saturated carbocycles. The first kappa shape index (κ1) is 27.9. The standard InChI is InChI=1S/C26H35BrN2O4Si/c1-25(2,3)32-24(31)21(28-29-23(30)18-14-10-9-11-15-18)22(19-16-12-13-17-20(19)27)33-34(7,8)26(4,5)6/h9-17,22H,1-8H3,(H,29,30)/b28-21-. The number of esters is 1. The zero-order valence-corrected chi connectivity index (χ0v) is 23.8. The lowest BCUT2D eigenvalue weighted by atomic mass is 10.0. The SMILES string of the molecule is CC(C)(C)OC(=O)/C(=N\NC(=O)c1ccccc1)C(O[Si](C)(C)C(C)(C)C)c1ccccc1Br. The molecule has 6 nitrogen and oxygen atoms in total. The summed E-state index contributed by atoms with van der Waals surface area (Å²) in [5.74, 6) is -1.08. The maximum Gasteiger partial charge on any atom is 0.358 e. The number of benzene rings is 2. The minimum absolute atomic E-state index is 0.0177. The van der Waals surface area contributed by atoms with E-state index < -0.39 is 31.9 Å². The number of ether oxygens (including phenoxy) is 1. The number of amides is 1. The molecule has 1 N–H and O–H groups in total. The molecule has 1 unspecified atom stereocenters. The van der Waals surface area contributed by atoms with Crippen molar-refractivity contribution in [3.8, 4) is 0 Å². The van der Waals surface area contributed by atoms with E-state index in [0.717, 1.165) is 10.0 Å². The predicted octanol–water partition coefficient (Wildman–Crippen LogP) is 6.64. The number of hydrogen-bond donors (Lipinski definition) is 1. The van der Waals surface area contributed by atoms with E-state index in [1.165, 1.54) is 0 Å². The van der Waals surface area contributed by atoms with Crippen LogP contribution >= 0.6 is 15.9 Å². The summed E-state index contributed by atoms with van der Waals surface area (Å²) in [6.07, 6.45) is -0.845. The van der Waals surface area contributed by atoms with Gasteiger partial charge in [0.1, 0.15) is 11.7 Å². The number of nitrogens with zero attached hydrogens (tertiary/aromatic N) is 1. The highest BCUT2D eigenvalue weighted by Gasteiger charge is 2.43. The molecule has 0 aliphatic rings. The third kappa shape index (κ3) is 7.61. The van der Waals surface area contributed by atoms with Gasteiger partial charge in [-0.05, 0) is 57.1 Å². The Bertz CT molecular complexity index is 1040. The van der Waals surface area contributed by atoms with Gasteiger partial charge in [0.15, 0.2) is 14.0 Å². The molecule has 0 spiro atoms. The number of carbonyl (C=O) groups excluding carboxylic acids is 2. The molecule has 34 heavy (non-hydrogen) atoms. The molecule has 0 aliphatic carbocycles. The summed E-state index contributed by atoms with van der Waals surface area (Å²) < 4.78 is 13.2. The van der Waals surface area contributed by atoms with Crippen LogP contribution in [0.3, 0.4) is 0 Å². The van der Waals surface area contributed by atoms with Crippen molar-refractivity contribution in [1.29, 1.82) is 0 Å². The molecule has 0 fully saturated rings. The highest BCUT2D eigenvalue weighted by Crippen LogP contribution is 2.41. The van der Waals surface area contributed by atoms with Crippen molar-refractivity contribution in [2.45, 2.75) is 71.4 Å². The van der Waals surface area contributed by atoms with Gasteiger partial charge in [0.05, 0.1) is 0 Å². The van der Waals surface area contributed by atoms with Crippen molar-refractivity contribution < 1.29 is 18.8 Å². The van der Waals surface area contributed by atoms with Crippen LogP contribution in [-0.2, 0) is 14.0 Å². The Morgan fingerprint density at radius 2 is 1.50 bits per heavy atom.